The fraction of sp³-hybridized carbons (Fsp3) is 0.250. The molecule has 2 aromatic rings. The standard InChI is InChI=1S/C16H18NOP/c1-11-5-12(2)8-15(7-11)17(19-18)16-9-13(3)6-14(4)10-16/h5-10H,1-4H3. The first kappa shape index (κ1) is 13.8. The lowest BCUT2D eigenvalue weighted by Gasteiger charge is -2.18. The molecular formula is C16H18NOP. The second-order valence-electron chi connectivity index (χ2n) is 5.09. The highest BCUT2D eigenvalue weighted by Gasteiger charge is 2.11. The third-order valence-electron chi connectivity index (χ3n) is 2.98. The van der Waals surface area contributed by atoms with E-state index in [1.165, 1.54) is 22.3 Å². The van der Waals surface area contributed by atoms with Crippen LogP contribution in [0, 0.1) is 27.7 Å². The lowest BCUT2D eigenvalue weighted by atomic mass is 10.1. The first-order chi connectivity index (χ1) is 8.99. The van der Waals surface area contributed by atoms with E-state index in [2.05, 4.69) is 64.1 Å². The first-order valence-corrected chi connectivity index (χ1v) is 7.06. The van der Waals surface area contributed by atoms with E-state index in [-0.39, 0.29) is 8.61 Å². The molecule has 2 nitrogen and oxygen atoms in total. The molecule has 0 aromatic heterocycles. The number of aryl methyl sites for hydroxylation is 4. The lowest BCUT2D eigenvalue weighted by Crippen LogP contribution is -2.03. The molecule has 0 aliphatic rings. The SMILES string of the molecule is Cc1cc(C)cc(N(P=O)c2cc(C)cc(C)c2)c1. The molecule has 98 valence electrons. The Balaban J connectivity index is 2.52. The van der Waals surface area contributed by atoms with Crippen LogP contribution in [0.25, 0.3) is 0 Å². The molecule has 0 radical (unpaired) electrons. The molecule has 0 saturated carbocycles. The summed E-state index contributed by atoms with van der Waals surface area (Å²) >= 11 is 0. The fourth-order valence-electron chi connectivity index (χ4n) is 2.39. The fourth-order valence-corrected chi connectivity index (χ4v) is 2.81. The van der Waals surface area contributed by atoms with Crippen molar-refractivity contribution in [2.75, 3.05) is 4.67 Å². The van der Waals surface area contributed by atoms with Crippen molar-refractivity contribution in [3.8, 4) is 0 Å². The molecule has 0 saturated heterocycles. The second kappa shape index (κ2) is 5.54. The van der Waals surface area contributed by atoms with E-state index >= 15 is 0 Å². The molecule has 19 heavy (non-hydrogen) atoms. The summed E-state index contributed by atoms with van der Waals surface area (Å²) in [6.07, 6.45) is 0. The van der Waals surface area contributed by atoms with E-state index < -0.39 is 0 Å². The summed E-state index contributed by atoms with van der Waals surface area (Å²) < 4.78 is 13.4. The second-order valence-corrected chi connectivity index (χ2v) is 5.65. The largest absolute Gasteiger partial charge is 0.287 e. The highest BCUT2D eigenvalue weighted by Crippen LogP contribution is 2.33. The molecular weight excluding hydrogens is 253 g/mol. The van der Waals surface area contributed by atoms with Crippen LogP contribution in [0.2, 0.25) is 0 Å². The van der Waals surface area contributed by atoms with Crippen molar-refractivity contribution in [1.82, 2.24) is 0 Å². The zero-order chi connectivity index (χ0) is 14.0. The van der Waals surface area contributed by atoms with E-state index in [0.717, 1.165) is 11.4 Å². The maximum absolute atomic E-state index is 11.6. The Morgan fingerprint density at radius 1 is 0.684 bits per heavy atom. The van der Waals surface area contributed by atoms with Crippen molar-refractivity contribution in [2.24, 2.45) is 0 Å². The Bertz CT molecular complexity index is 530. The highest BCUT2D eigenvalue weighted by molar-refractivity contribution is 7.26. The third-order valence-corrected chi connectivity index (χ3v) is 3.61. The Kier molecular flexibility index (Phi) is 4.01. The van der Waals surface area contributed by atoms with Gasteiger partial charge in [-0.2, -0.15) is 0 Å². The molecule has 3 heteroatoms. The van der Waals surface area contributed by atoms with Gasteiger partial charge in [0.15, 0.2) is 0 Å². The Labute approximate surface area is 116 Å². The van der Waals surface area contributed by atoms with Crippen LogP contribution < -0.4 is 4.67 Å². The van der Waals surface area contributed by atoms with E-state index in [1.807, 2.05) is 0 Å². The molecule has 0 aliphatic heterocycles. The van der Waals surface area contributed by atoms with Crippen molar-refractivity contribution < 1.29 is 4.57 Å². The number of anilines is 2. The zero-order valence-corrected chi connectivity index (χ0v) is 12.7. The van der Waals surface area contributed by atoms with Gasteiger partial charge in [-0.05, 0) is 74.2 Å². The van der Waals surface area contributed by atoms with Crippen molar-refractivity contribution in [2.45, 2.75) is 27.7 Å². The van der Waals surface area contributed by atoms with Gasteiger partial charge in [0.25, 0.3) is 8.61 Å². The van der Waals surface area contributed by atoms with Crippen LogP contribution in [0.3, 0.4) is 0 Å². The summed E-state index contributed by atoms with van der Waals surface area (Å²) in [6, 6.07) is 12.4. The molecule has 0 unspecified atom stereocenters. The number of hydrogen-bond acceptors (Lipinski definition) is 1. The molecule has 0 amide bonds. The van der Waals surface area contributed by atoms with Gasteiger partial charge < -0.3 is 0 Å². The number of rotatable bonds is 3. The van der Waals surface area contributed by atoms with Gasteiger partial charge in [-0.1, -0.05) is 12.1 Å². The van der Waals surface area contributed by atoms with Crippen molar-refractivity contribution in [3.05, 3.63) is 58.7 Å². The van der Waals surface area contributed by atoms with Crippen LogP contribution in [0.1, 0.15) is 22.3 Å². The van der Waals surface area contributed by atoms with Crippen LogP contribution in [-0.4, -0.2) is 0 Å². The summed E-state index contributed by atoms with van der Waals surface area (Å²) in [5.74, 6) is 0. The van der Waals surface area contributed by atoms with Gasteiger partial charge in [0.1, 0.15) is 0 Å². The Hall–Kier alpha value is -1.66. The lowest BCUT2D eigenvalue weighted by molar-refractivity contribution is 0.598. The van der Waals surface area contributed by atoms with E-state index in [4.69, 9.17) is 0 Å². The first-order valence-electron chi connectivity index (χ1n) is 6.29. The van der Waals surface area contributed by atoms with Crippen LogP contribution in [-0.2, 0) is 4.57 Å². The molecule has 0 atom stereocenters. The number of benzene rings is 2. The van der Waals surface area contributed by atoms with Gasteiger partial charge in [-0.15, -0.1) is 0 Å². The van der Waals surface area contributed by atoms with Crippen LogP contribution >= 0.6 is 8.61 Å². The maximum atomic E-state index is 11.6. The molecule has 0 N–H and O–H groups in total. The minimum atomic E-state index is -0.0166. The summed E-state index contributed by atoms with van der Waals surface area (Å²) in [7, 11) is -0.0166. The molecule has 2 aromatic carbocycles. The topological polar surface area (TPSA) is 20.3 Å². The molecule has 0 aliphatic carbocycles. The summed E-state index contributed by atoms with van der Waals surface area (Å²) in [5.41, 5.74) is 6.61. The predicted molar refractivity (Wildman–Crippen MR) is 81.6 cm³/mol. The van der Waals surface area contributed by atoms with Gasteiger partial charge in [-0.25, -0.2) is 4.57 Å². The normalized spacial score (nSPS) is 10.7. The van der Waals surface area contributed by atoms with Crippen molar-refractivity contribution >= 4 is 20.0 Å². The summed E-state index contributed by atoms with van der Waals surface area (Å²) in [5, 5.41) is 0. The molecule has 0 spiro atoms. The highest BCUT2D eigenvalue weighted by atomic mass is 31.1. The number of nitrogens with zero attached hydrogens (tertiary/aromatic N) is 1. The van der Waals surface area contributed by atoms with Crippen LogP contribution in [0.5, 0.6) is 0 Å². The van der Waals surface area contributed by atoms with Crippen molar-refractivity contribution in [3.63, 3.8) is 0 Å². The zero-order valence-electron chi connectivity index (χ0n) is 11.8. The smallest absolute Gasteiger partial charge is 0.260 e. The average Bonchev–Trinajstić information content (AvgIpc) is 2.27. The Morgan fingerprint density at radius 3 is 1.26 bits per heavy atom. The van der Waals surface area contributed by atoms with E-state index in [0.29, 0.717) is 0 Å². The predicted octanol–water partition coefficient (Wildman–Crippen LogP) is 5.27. The molecule has 2 rings (SSSR count). The van der Waals surface area contributed by atoms with E-state index in [1.54, 1.807) is 4.67 Å². The van der Waals surface area contributed by atoms with Gasteiger partial charge in [-0.3, -0.25) is 4.67 Å². The quantitative estimate of drug-likeness (QED) is 0.709. The van der Waals surface area contributed by atoms with Gasteiger partial charge in [0, 0.05) is 0 Å². The van der Waals surface area contributed by atoms with Crippen LogP contribution in [0.4, 0.5) is 11.4 Å². The minimum absolute atomic E-state index is 0.0166. The molecule has 0 bridgehead atoms. The van der Waals surface area contributed by atoms with Gasteiger partial charge >= 0.3 is 0 Å². The minimum Gasteiger partial charge on any atom is -0.260 e. The van der Waals surface area contributed by atoms with Crippen molar-refractivity contribution in [1.29, 1.82) is 0 Å². The van der Waals surface area contributed by atoms with Gasteiger partial charge in [0.05, 0.1) is 11.4 Å². The van der Waals surface area contributed by atoms with E-state index in [9.17, 15) is 4.57 Å². The average molecular weight is 271 g/mol. The Morgan fingerprint density at radius 2 is 1.00 bits per heavy atom. The maximum Gasteiger partial charge on any atom is 0.287 e. The monoisotopic (exact) mass is 271 g/mol. The van der Waals surface area contributed by atoms with Gasteiger partial charge in [0.2, 0.25) is 0 Å². The number of hydrogen-bond donors (Lipinski definition) is 0. The van der Waals surface area contributed by atoms with Crippen LogP contribution in [0.15, 0.2) is 36.4 Å². The third kappa shape index (κ3) is 3.21. The molecule has 0 heterocycles. The summed E-state index contributed by atoms with van der Waals surface area (Å²) in [6.45, 7) is 8.21. The molecule has 0 fully saturated rings. The summed E-state index contributed by atoms with van der Waals surface area (Å²) in [4.78, 5) is 0.